The third-order valence-corrected chi connectivity index (χ3v) is 7.84. The van der Waals surface area contributed by atoms with E-state index in [-0.39, 0.29) is 30.3 Å². The Morgan fingerprint density at radius 1 is 1.18 bits per heavy atom. The number of hydrogen-bond donors (Lipinski definition) is 2. The van der Waals surface area contributed by atoms with Crippen LogP contribution in [0.5, 0.6) is 0 Å². The maximum atomic E-state index is 13.2. The highest BCUT2D eigenvalue weighted by Gasteiger charge is 2.33. The van der Waals surface area contributed by atoms with Crippen molar-refractivity contribution in [1.29, 1.82) is 5.26 Å². The zero-order chi connectivity index (χ0) is 28.2. The maximum absolute atomic E-state index is 13.2. The zero-order valence-electron chi connectivity index (χ0n) is 22.8. The second-order valence-electron chi connectivity index (χ2n) is 10.4. The van der Waals surface area contributed by atoms with E-state index in [0.29, 0.717) is 38.4 Å². The number of nitriles is 1. The number of rotatable bonds is 7. The third-order valence-electron chi connectivity index (χ3n) is 7.84. The number of amides is 2. The lowest BCUT2D eigenvalue weighted by molar-refractivity contribution is -0.128. The molecule has 206 valence electrons. The van der Waals surface area contributed by atoms with Crippen molar-refractivity contribution in [2.24, 2.45) is 5.73 Å². The first-order valence-corrected chi connectivity index (χ1v) is 13.7. The van der Waals surface area contributed by atoms with Gasteiger partial charge in [0, 0.05) is 61.1 Å². The summed E-state index contributed by atoms with van der Waals surface area (Å²) in [6.45, 7) is 8.75. The average Bonchev–Trinajstić information content (AvgIpc) is 2.99. The van der Waals surface area contributed by atoms with E-state index in [1.807, 2.05) is 19.1 Å². The van der Waals surface area contributed by atoms with Crippen LogP contribution in [-0.2, 0) is 17.8 Å². The van der Waals surface area contributed by atoms with E-state index in [4.69, 9.17) is 10.7 Å². The molecule has 0 saturated carbocycles. The fraction of sp³-hybridized carbons (Fsp3) is 0.355. The maximum Gasteiger partial charge on any atom is 0.270 e. The van der Waals surface area contributed by atoms with Crippen molar-refractivity contribution in [3.63, 3.8) is 0 Å². The highest BCUT2D eigenvalue weighted by molar-refractivity contribution is 5.95. The first kappa shape index (κ1) is 27.2. The number of carbonyl (C=O) groups is 2. The number of aromatic nitrogens is 1. The Morgan fingerprint density at radius 3 is 2.75 bits per heavy atom. The van der Waals surface area contributed by atoms with E-state index >= 15 is 0 Å². The number of fused-ring (bicyclic) bond motifs is 2. The largest absolute Gasteiger partial charge is 0.367 e. The highest BCUT2D eigenvalue weighted by atomic mass is 16.2. The topological polar surface area (TPSA) is 119 Å². The SMILES string of the molecule is C=CC(=O)N1CCN(c2cc(C(=O)N[C@@H](C)CN)nc3c2CCN(c2cccc4ccccc24)C3)C[C@@H]1CC#N. The van der Waals surface area contributed by atoms with Gasteiger partial charge in [-0.05, 0) is 36.9 Å². The molecule has 2 aromatic carbocycles. The van der Waals surface area contributed by atoms with Gasteiger partial charge in [-0.15, -0.1) is 0 Å². The molecule has 3 aromatic rings. The fourth-order valence-corrected chi connectivity index (χ4v) is 5.73. The van der Waals surface area contributed by atoms with Gasteiger partial charge < -0.3 is 25.8 Å². The van der Waals surface area contributed by atoms with Crippen molar-refractivity contribution in [2.45, 2.75) is 38.4 Å². The normalized spacial score (nSPS) is 17.6. The molecule has 1 saturated heterocycles. The number of benzene rings is 2. The summed E-state index contributed by atoms with van der Waals surface area (Å²) >= 11 is 0. The van der Waals surface area contributed by atoms with Crippen LogP contribution in [0.15, 0.2) is 61.2 Å². The fourth-order valence-electron chi connectivity index (χ4n) is 5.73. The summed E-state index contributed by atoms with van der Waals surface area (Å²) in [4.78, 5) is 36.8. The number of piperazine rings is 1. The second-order valence-corrected chi connectivity index (χ2v) is 10.4. The number of hydrogen-bond acceptors (Lipinski definition) is 7. The molecule has 3 heterocycles. The summed E-state index contributed by atoms with van der Waals surface area (Å²) < 4.78 is 0. The van der Waals surface area contributed by atoms with Gasteiger partial charge in [0.05, 0.1) is 30.8 Å². The van der Waals surface area contributed by atoms with Gasteiger partial charge >= 0.3 is 0 Å². The minimum Gasteiger partial charge on any atom is -0.367 e. The van der Waals surface area contributed by atoms with Gasteiger partial charge in [0.2, 0.25) is 5.91 Å². The summed E-state index contributed by atoms with van der Waals surface area (Å²) in [7, 11) is 0. The first-order chi connectivity index (χ1) is 19.4. The number of nitrogens with zero attached hydrogens (tertiary/aromatic N) is 5. The van der Waals surface area contributed by atoms with Crippen LogP contribution in [0.2, 0.25) is 0 Å². The Labute approximate surface area is 234 Å². The summed E-state index contributed by atoms with van der Waals surface area (Å²) in [5.41, 5.74) is 10.2. The van der Waals surface area contributed by atoms with Crippen molar-refractivity contribution in [1.82, 2.24) is 15.2 Å². The second kappa shape index (κ2) is 11.8. The first-order valence-electron chi connectivity index (χ1n) is 13.7. The minimum absolute atomic E-state index is 0.168. The van der Waals surface area contributed by atoms with Gasteiger partial charge in [0.25, 0.3) is 5.91 Å². The summed E-state index contributed by atoms with van der Waals surface area (Å²) in [5, 5.41) is 14.8. The highest BCUT2D eigenvalue weighted by Crippen LogP contribution is 2.35. The van der Waals surface area contributed by atoms with E-state index in [1.165, 1.54) is 16.8 Å². The molecular formula is C31H35N7O2. The summed E-state index contributed by atoms with van der Waals surface area (Å²) in [6.07, 6.45) is 2.29. The molecule has 3 N–H and O–H groups in total. The number of anilines is 2. The predicted molar refractivity (Wildman–Crippen MR) is 157 cm³/mol. The van der Waals surface area contributed by atoms with Crippen LogP contribution < -0.4 is 20.9 Å². The lowest BCUT2D eigenvalue weighted by atomic mass is 9.98. The minimum atomic E-state index is -0.265. The average molecular weight is 538 g/mol. The van der Waals surface area contributed by atoms with E-state index in [2.05, 4.69) is 64.2 Å². The Hall–Kier alpha value is -4.42. The lowest BCUT2D eigenvalue weighted by Crippen LogP contribution is -2.55. The van der Waals surface area contributed by atoms with Crippen LogP contribution in [0, 0.1) is 11.3 Å². The molecule has 0 bridgehead atoms. The van der Waals surface area contributed by atoms with Crippen LogP contribution in [-0.4, -0.2) is 66.5 Å². The number of nitrogens with two attached hydrogens (primary N) is 1. The van der Waals surface area contributed by atoms with Crippen molar-refractivity contribution in [3.8, 4) is 6.07 Å². The van der Waals surface area contributed by atoms with Crippen LogP contribution in [0.3, 0.4) is 0 Å². The van der Waals surface area contributed by atoms with Gasteiger partial charge in [-0.25, -0.2) is 4.98 Å². The van der Waals surface area contributed by atoms with Crippen molar-refractivity contribution in [2.75, 3.05) is 42.5 Å². The molecule has 40 heavy (non-hydrogen) atoms. The molecule has 1 aromatic heterocycles. The molecule has 9 nitrogen and oxygen atoms in total. The molecule has 2 atom stereocenters. The molecule has 2 amide bonds. The van der Waals surface area contributed by atoms with Crippen LogP contribution in [0.25, 0.3) is 10.8 Å². The summed E-state index contributed by atoms with van der Waals surface area (Å²) in [6, 6.07) is 18.3. The van der Waals surface area contributed by atoms with Crippen molar-refractivity contribution < 1.29 is 9.59 Å². The molecule has 0 aliphatic carbocycles. The molecule has 9 heteroatoms. The molecule has 2 aliphatic heterocycles. The van der Waals surface area contributed by atoms with Gasteiger partial charge in [0.1, 0.15) is 5.69 Å². The van der Waals surface area contributed by atoms with Gasteiger partial charge in [0.15, 0.2) is 0 Å². The zero-order valence-corrected chi connectivity index (χ0v) is 22.8. The van der Waals surface area contributed by atoms with E-state index < -0.39 is 0 Å². The van der Waals surface area contributed by atoms with E-state index in [1.54, 1.807) is 4.90 Å². The molecular weight excluding hydrogens is 502 g/mol. The van der Waals surface area contributed by atoms with E-state index in [9.17, 15) is 14.9 Å². The monoisotopic (exact) mass is 537 g/mol. The molecule has 1 fully saturated rings. The number of nitrogens with one attached hydrogen (secondary N) is 1. The molecule has 5 rings (SSSR count). The van der Waals surface area contributed by atoms with Crippen LogP contribution in [0.1, 0.15) is 35.1 Å². The van der Waals surface area contributed by atoms with Crippen molar-refractivity contribution in [3.05, 3.63) is 78.1 Å². The Morgan fingerprint density at radius 2 is 1.98 bits per heavy atom. The molecule has 0 unspecified atom stereocenters. The number of carbonyl (C=O) groups excluding carboxylic acids is 2. The van der Waals surface area contributed by atoms with Gasteiger partial charge in [-0.2, -0.15) is 5.26 Å². The lowest BCUT2D eigenvalue weighted by Gasteiger charge is -2.43. The molecule has 0 radical (unpaired) electrons. The molecule has 2 aliphatic rings. The van der Waals surface area contributed by atoms with Crippen LogP contribution in [0.4, 0.5) is 11.4 Å². The van der Waals surface area contributed by atoms with E-state index in [0.717, 1.165) is 35.6 Å². The van der Waals surface area contributed by atoms with Crippen LogP contribution >= 0.6 is 0 Å². The smallest absolute Gasteiger partial charge is 0.270 e. The molecule has 0 spiro atoms. The Balaban J connectivity index is 1.52. The van der Waals surface area contributed by atoms with Gasteiger partial charge in [-0.3, -0.25) is 9.59 Å². The Kier molecular flexibility index (Phi) is 7.99. The third kappa shape index (κ3) is 5.36. The quantitative estimate of drug-likeness (QED) is 0.445. The number of pyridine rings is 1. The van der Waals surface area contributed by atoms with Crippen molar-refractivity contribution >= 4 is 34.0 Å². The standard InChI is InChI=1S/C31H35N7O2/c1-3-30(39)38-16-15-37(19-23(38)11-13-32)29-17-26(31(40)34-21(2)18-33)35-27-20-36(14-12-25(27)29)28-10-6-8-22-7-4-5-9-24(22)28/h3-10,17,21,23H,1,11-12,14-16,18-20,33H2,2H3,(H,34,40)/t21-,23-/m0/s1. The Bertz CT molecular complexity index is 1480. The van der Waals surface area contributed by atoms with Gasteiger partial charge in [-0.1, -0.05) is 43.0 Å². The predicted octanol–water partition coefficient (Wildman–Crippen LogP) is 2.99. The summed E-state index contributed by atoms with van der Waals surface area (Å²) in [5.74, 6) is -0.434.